The van der Waals surface area contributed by atoms with Crippen LogP contribution in [-0.4, -0.2) is 22.7 Å². The van der Waals surface area contributed by atoms with Gasteiger partial charge in [-0.2, -0.15) is 5.10 Å². The molecule has 3 rings (SSSR count). The minimum atomic E-state index is -0.391. The molecule has 0 unspecified atom stereocenters. The van der Waals surface area contributed by atoms with Crippen molar-refractivity contribution in [2.45, 2.75) is 6.92 Å². The van der Waals surface area contributed by atoms with Gasteiger partial charge in [-0.05, 0) is 31.2 Å². The van der Waals surface area contributed by atoms with Crippen molar-refractivity contribution in [3.8, 4) is 11.3 Å². The Balaban J connectivity index is 2.08. The molecular weight excluding hydrogens is 244 g/mol. The van der Waals surface area contributed by atoms with Crippen LogP contribution in [0.4, 0.5) is 0 Å². The summed E-state index contributed by atoms with van der Waals surface area (Å²) >= 11 is 0. The molecule has 0 fully saturated rings. The molecule has 0 aliphatic rings. The number of nitrogens with zero attached hydrogens (tertiary/aromatic N) is 2. The quantitative estimate of drug-likeness (QED) is 0.661. The number of hydrogen-bond acceptors (Lipinski definition) is 4. The first-order valence-electron chi connectivity index (χ1n) is 5.81. The van der Waals surface area contributed by atoms with Gasteiger partial charge < -0.3 is 9.15 Å². The Hall–Kier alpha value is -2.56. The van der Waals surface area contributed by atoms with Gasteiger partial charge in [0.15, 0.2) is 0 Å². The van der Waals surface area contributed by atoms with E-state index in [-0.39, 0.29) is 0 Å². The number of aryl methyl sites for hydroxylation is 1. The Bertz CT molecular complexity index is 755. The van der Waals surface area contributed by atoms with Gasteiger partial charge in [0, 0.05) is 18.0 Å². The van der Waals surface area contributed by atoms with E-state index in [1.165, 1.54) is 7.11 Å². The molecule has 0 aliphatic carbocycles. The van der Waals surface area contributed by atoms with Crippen LogP contribution in [0.1, 0.15) is 16.1 Å². The van der Waals surface area contributed by atoms with Gasteiger partial charge in [0.2, 0.25) is 0 Å². The van der Waals surface area contributed by atoms with Gasteiger partial charge in [0.1, 0.15) is 17.1 Å². The summed E-state index contributed by atoms with van der Waals surface area (Å²) in [5.41, 5.74) is 2.31. The Morgan fingerprint density at radius 1 is 1.37 bits per heavy atom. The Morgan fingerprint density at radius 2 is 2.21 bits per heavy atom. The molecule has 96 valence electrons. The lowest BCUT2D eigenvalue weighted by molar-refractivity contribution is 0.0599. The molecule has 5 heteroatoms. The fraction of sp³-hybridized carbons (Fsp3) is 0.143. The van der Waals surface area contributed by atoms with Crippen molar-refractivity contribution < 1.29 is 13.9 Å². The molecule has 0 atom stereocenters. The smallest absolute Gasteiger partial charge is 0.341 e. The van der Waals surface area contributed by atoms with E-state index < -0.39 is 5.97 Å². The summed E-state index contributed by atoms with van der Waals surface area (Å²) in [5, 5.41) is 4.13. The molecule has 19 heavy (non-hydrogen) atoms. The number of furan rings is 1. The second-order valence-electron chi connectivity index (χ2n) is 4.19. The van der Waals surface area contributed by atoms with Gasteiger partial charge in [-0.1, -0.05) is 0 Å². The first-order chi connectivity index (χ1) is 9.19. The zero-order valence-corrected chi connectivity index (χ0v) is 10.6. The van der Waals surface area contributed by atoms with Gasteiger partial charge in [0.05, 0.1) is 12.6 Å². The normalized spacial score (nSPS) is 10.8. The number of carbonyl (C=O) groups is 1. The Kier molecular flexibility index (Phi) is 2.59. The zero-order chi connectivity index (χ0) is 13.4. The molecule has 0 saturated heterocycles. The second-order valence-corrected chi connectivity index (χ2v) is 4.19. The third-order valence-electron chi connectivity index (χ3n) is 3.01. The largest absolute Gasteiger partial charge is 0.465 e. The molecule has 0 saturated carbocycles. The van der Waals surface area contributed by atoms with Crippen molar-refractivity contribution in [3.63, 3.8) is 0 Å². The van der Waals surface area contributed by atoms with Crippen LogP contribution in [0.5, 0.6) is 0 Å². The summed E-state index contributed by atoms with van der Waals surface area (Å²) < 4.78 is 12.1. The number of rotatable bonds is 2. The van der Waals surface area contributed by atoms with Crippen LogP contribution in [-0.2, 0) is 4.74 Å². The Morgan fingerprint density at radius 3 is 3.00 bits per heavy atom. The maximum Gasteiger partial charge on any atom is 0.341 e. The van der Waals surface area contributed by atoms with Crippen LogP contribution < -0.4 is 0 Å². The molecule has 0 bridgehead atoms. The van der Waals surface area contributed by atoms with E-state index in [2.05, 4.69) is 5.10 Å². The summed E-state index contributed by atoms with van der Waals surface area (Å²) in [5.74, 6) is 0.801. The number of aromatic nitrogens is 2. The van der Waals surface area contributed by atoms with Crippen LogP contribution in [0.3, 0.4) is 0 Å². The van der Waals surface area contributed by atoms with E-state index >= 15 is 0 Å². The number of fused-ring (bicyclic) bond motifs is 1. The van der Waals surface area contributed by atoms with Gasteiger partial charge in [-0.25, -0.2) is 9.31 Å². The van der Waals surface area contributed by atoms with Gasteiger partial charge in [-0.3, -0.25) is 0 Å². The molecule has 0 aliphatic heterocycles. The second kappa shape index (κ2) is 4.28. The lowest BCUT2D eigenvalue weighted by Crippen LogP contribution is -2.00. The van der Waals surface area contributed by atoms with E-state index in [0.29, 0.717) is 17.1 Å². The molecule has 3 aromatic rings. The molecule has 3 aromatic heterocycles. The molecular formula is C14H12N2O3. The molecule has 0 amide bonds. The highest BCUT2D eigenvalue weighted by Gasteiger charge is 2.16. The van der Waals surface area contributed by atoms with Gasteiger partial charge in [-0.15, -0.1) is 0 Å². The van der Waals surface area contributed by atoms with Crippen molar-refractivity contribution >= 4 is 11.5 Å². The maximum absolute atomic E-state index is 11.6. The van der Waals surface area contributed by atoms with Crippen LogP contribution in [0.25, 0.3) is 16.8 Å². The average molecular weight is 256 g/mol. The predicted octanol–water partition coefficient (Wildman–Crippen LogP) is 2.69. The molecule has 0 N–H and O–H groups in total. The van der Waals surface area contributed by atoms with Gasteiger partial charge in [0.25, 0.3) is 0 Å². The summed E-state index contributed by atoms with van der Waals surface area (Å²) in [4.78, 5) is 11.6. The summed E-state index contributed by atoms with van der Waals surface area (Å²) in [6, 6.07) is 7.44. The predicted molar refractivity (Wildman–Crippen MR) is 69.0 cm³/mol. The van der Waals surface area contributed by atoms with E-state index in [4.69, 9.17) is 9.15 Å². The fourth-order valence-corrected chi connectivity index (χ4v) is 2.01. The number of carbonyl (C=O) groups excluding carboxylic acids is 1. The van der Waals surface area contributed by atoms with E-state index in [1.807, 2.05) is 24.4 Å². The summed E-state index contributed by atoms with van der Waals surface area (Å²) in [7, 11) is 1.35. The van der Waals surface area contributed by atoms with Crippen molar-refractivity contribution in [3.05, 3.63) is 48.0 Å². The van der Waals surface area contributed by atoms with E-state index in [9.17, 15) is 4.79 Å². The molecule has 0 radical (unpaired) electrons. The molecule has 0 aromatic carbocycles. The first-order valence-corrected chi connectivity index (χ1v) is 5.81. The number of hydrogen-bond donors (Lipinski definition) is 0. The topological polar surface area (TPSA) is 56.7 Å². The summed E-state index contributed by atoms with van der Waals surface area (Å²) in [6.45, 7) is 1.74. The third-order valence-corrected chi connectivity index (χ3v) is 3.01. The van der Waals surface area contributed by atoms with Crippen LogP contribution >= 0.6 is 0 Å². The summed E-state index contributed by atoms with van der Waals surface area (Å²) in [6.07, 6.45) is 3.58. The number of pyridine rings is 1. The minimum Gasteiger partial charge on any atom is -0.465 e. The van der Waals surface area contributed by atoms with Crippen molar-refractivity contribution in [2.24, 2.45) is 0 Å². The minimum absolute atomic E-state index is 0.391. The monoisotopic (exact) mass is 256 g/mol. The first kappa shape index (κ1) is 11.5. The van der Waals surface area contributed by atoms with Crippen LogP contribution in [0, 0.1) is 6.92 Å². The average Bonchev–Trinajstić information content (AvgIpc) is 3.03. The van der Waals surface area contributed by atoms with Crippen molar-refractivity contribution in [2.75, 3.05) is 7.11 Å². The lowest BCUT2D eigenvalue weighted by Gasteiger charge is -1.98. The third kappa shape index (κ3) is 1.89. The van der Waals surface area contributed by atoms with Crippen LogP contribution in [0.2, 0.25) is 0 Å². The highest BCUT2D eigenvalue weighted by atomic mass is 16.5. The molecule has 3 heterocycles. The number of ether oxygens (including phenoxy) is 1. The standard InChI is InChI=1S/C14H12N2O3/c1-9-12(14(17)18-2)8-13(19-9)10-4-6-16-11(7-10)3-5-15-16/h3-8H,1-2H3. The van der Waals surface area contributed by atoms with E-state index in [0.717, 1.165) is 11.1 Å². The van der Waals surface area contributed by atoms with Crippen molar-refractivity contribution in [1.82, 2.24) is 9.61 Å². The Labute approximate surface area is 109 Å². The fourth-order valence-electron chi connectivity index (χ4n) is 2.01. The maximum atomic E-state index is 11.6. The van der Waals surface area contributed by atoms with E-state index in [1.54, 1.807) is 23.7 Å². The van der Waals surface area contributed by atoms with Gasteiger partial charge >= 0.3 is 5.97 Å². The van der Waals surface area contributed by atoms with Crippen LogP contribution in [0.15, 0.2) is 41.1 Å². The highest BCUT2D eigenvalue weighted by molar-refractivity contribution is 5.91. The highest BCUT2D eigenvalue weighted by Crippen LogP contribution is 2.26. The number of esters is 1. The van der Waals surface area contributed by atoms with Crippen molar-refractivity contribution in [1.29, 1.82) is 0 Å². The zero-order valence-electron chi connectivity index (χ0n) is 10.6. The number of methoxy groups -OCH3 is 1. The SMILES string of the molecule is COC(=O)c1cc(-c2ccn3nccc3c2)oc1C. The molecule has 0 spiro atoms. The molecule has 5 nitrogen and oxygen atoms in total. The lowest BCUT2D eigenvalue weighted by atomic mass is 10.1.